The van der Waals surface area contributed by atoms with Crippen LogP contribution in [-0.2, 0) is 6.54 Å². The molecule has 21 heavy (non-hydrogen) atoms. The lowest BCUT2D eigenvalue weighted by molar-refractivity contribution is 0.779. The molecule has 7 nitrogen and oxygen atoms in total. The molecule has 0 aliphatic heterocycles. The van der Waals surface area contributed by atoms with Gasteiger partial charge in [0.1, 0.15) is 5.52 Å². The Morgan fingerprint density at radius 3 is 3.14 bits per heavy atom. The Kier molecular flexibility index (Phi) is 3.98. The second-order valence-corrected chi connectivity index (χ2v) is 5.43. The zero-order chi connectivity index (χ0) is 14.7. The number of imidazole rings is 1. The van der Waals surface area contributed by atoms with Gasteiger partial charge >= 0.3 is 5.69 Å². The van der Waals surface area contributed by atoms with Gasteiger partial charge in [0, 0.05) is 6.54 Å². The van der Waals surface area contributed by atoms with Crippen LogP contribution in [0.5, 0.6) is 0 Å². The zero-order valence-electron chi connectivity index (χ0n) is 11.4. The molecule has 8 heteroatoms. The molecule has 0 amide bonds. The van der Waals surface area contributed by atoms with E-state index in [-0.39, 0.29) is 5.69 Å². The maximum atomic E-state index is 12.0. The van der Waals surface area contributed by atoms with Gasteiger partial charge < -0.3 is 16.0 Å². The molecule has 0 fully saturated rings. The lowest BCUT2D eigenvalue weighted by atomic mass is 10.3. The molecular weight excluding hydrogens is 288 g/mol. The standard InChI is InChI=1S/C13H16N6OS/c14-3-1-4-15-12-16-6-10-11(18-12)19(13(20)17-10)7-9-2-5-21-8-9/h2,5-6,8H,1,3-4,7,14H2,(H,17,20)(H,15,16,18). The van der Waals surface area contributed by atoms with E-state index in [2.05, 4.69) is 20.3 Å². The summed E-state index contributed by atoms with van der Waals surface area (Å²) in [6.45, 7) is 1.82. The fourth-order valence-corrected chi connectivity index (χ4v) is 2.70. The van der Waals surface area contributed by atoms with E-state index >= 15 is 0 Å². The summed E-state index contributed by atoms with van der Waals surface area (Å²) in [6.07, 6.45) is 2.47. The van der Waals surface area contributed by atoms with E-state index in [0.29, 0.717) is 36.7 Å². The number of H-pyrrole nitrogens is 1. The van der Waals surface area contributed by atoms with E-state index in [1.807, 2.05) is 16.8 Å². The van der Waals surface area contributed by atoms with Gasteiger partial charge in [0.15, 0.2) is 5.65 Å². The minimum absolute atomic E-state index is 0.176. The third-order valence-electron chi connectivity index (χ3n) is 3.10. The highest BCUT2D eigenvalue weighted by Crippen LogP contribution is 2.12. The van der Waals surface area contributed by atoms with Crippen LogP contribution in [0.4, 0.5) is 5.95 Å². The topological polar surface area (TPSA) is 102 Å². The van der Waals surface area contributed by atoms with Crippen molar-refractivity contribution in [2.45, 2.75) is 13.0 Å². The highest BCUT2D eigenvalue weighted by molar-refractivity contribution is 7.07. The van der Waals surface area contributed by atoms with Crippen molar-refractivity contribution in [2.24, 2.45) is 5.73 Å². The summed E-state index contributed by atoms with van der Waals surface area (Å²) in [7, 11) is 0. The highest BCUT2D eigenvalue weighted by atomic mass is 32.1. The van der Waals surface area contributed by atoms with Crippen LogP contribution in [0.15, 0.2) is 27.8 Å². The second kappa shape index (κ2) is 6.06. The van der Waals surface area contributed by atoms with E-state index in [4.69, 9.17) is 5.73 Å². The number of fused-ring (bicyclic) bond motifs is 1. The molecule has 110 valence electrons. The van der Waals surface area contributed by atoms with Gasteiger partial charge in [0.25, 0.3) is 0 Å². The fourth-order valence-electron chi connectivity index (χ4n) is 2.04. The minimum atomic E-state index is -0.176. The Balaban J connectivity index is 1.93. The van der Waals surface area contributed by atoms with Crippen molar-refractivity contribution in [2.75, 3.05) is 18.4 Å². The van der Waals surface area contributed by atoms with Crippen LogP contribution in [0.2, 0.25) is 0 Å². The number of anilines is 1. The second-order valence-electron chi connectivity index (χ2n) is 4.65. The first-order chi connectivity index (χ1) is 10.3. The largest absolute Gasteiger partial charge is 0.354 e. The smallest absolute Gasteiger partial charge is 0.328 e. The molecule has 0 aliphatic rings. The maximum absolute atomic E-state index is 12.0. The molecule has 0 saturated heterocycles. The van der Waals surface area contributed by atoms with Gasteiger partial charge in [-0.15, -0.1) is 0 Å². The van der Waals surface area contributed by atoms with Crippen LogP contribution >= 0.6 is 11.3 Å². The Labute approximate surface area is 124 Å². The van der Waals surface area contributed by atoms with Gasteiger partial charge in [0.05, 0.1) is 12.7 Å². The molecule has 0 atom stereocenters. The van der Waals surface area contributed by atoms with Gasteiger partial charge in [-0.05, 0) is 35.4 Å². The predicted molar refractivity (Wildman–Crippen MR) is 83.7 cm³/mol. The monoisotopic (exact) mass is 304 g/mol. The Hall–Kier alpha value is -2.19. The molecule has 4 N–H and O–H groups in total. The predicted octanol–water partition coefficient (Wildman–Crippen LogP) is 0.990. The molecule has 0 aromatic carbocycles. The lowest BCUT2D eigenvalue weighted by Gasteiger charge is -2.04. The molecule has 3 aromatic rings. The summed E-state index contributed by atoms with van der Waals surface area (Å²) in [5, 5.41) is 7.11. The average molecular weight is 304 g/mol. The summed E-state index contributed by atoms with van der Waals surface area (Å²) in [4.78, 5) is 23.4. The van der Waals surface area contributed by atoms with Crippen molar-refractivity contribution >= 4 is 28.4 Å². The van der Waals surface area contributed by atoms with Crippen LogP contribution in [0.1, 0.15) is 12.0 Å². The number of aromatic nitrogens is 4. The van der Waals surface area contributed by atoms with Crippen molar-refractivity contribution in [1.29, 1.82) is 0 Å². The van der Waals surface area contributed by atoms with E-state index in [9.17, 15) is 4.79 Å². The summed E-state index contributed by atoms with van der Waals surface area (Å²) in [5.41, 5.74) is 7.61. The van der Waals surface area contributed by atoms with Crippen LogP contribution in [0, 0.1) is 0 Å². The van der Waals surface area contributed by atoms with E-state index in [1.54, 1.807) is 22.1 Å². The van der Waals surface area contributed by atoms with Crippen molar-refractivity contribution in [1.82, 2.24) is 19.5 Å². The molecule has 0 bridgehead atoms. The Bertz CT molecular complexity index is 776. The van der Waals surface area contributed by atoms with Gasteiger partial charge in [-0.3, -0.25) is 4.57 Å². The zero-order valence-corrected chi connectivity index (χ0v) is 12.2. The molecule has 0 spiro atoms. The minimum Gasteiger partial charge on any atom is -0.354 e. The molecule has 0 aliphatic carbocycles. The van der Waals surface area contributed by atoms with Crippen molar-refractivity contribution in [3.8, 4) is 0 Å². The van der Waals surface area contributed by atoms with Crippen molar-refractivity contribution < 1.29 is 0 Å². The van der Waals surface area contributed by atoms with E-state index in [0.717, 1.165) is 12.0 Å². The number of hydrogen-bond acceptors (Lipinski definition) is 6. The van der Waals surface area contributed by atoms with Crippen LogP contribution in [-0.4, -0.2) is 32.6 Å². The van der Waals surface area contributed by atoms with Crippen LogP contribution in [0.25, 0.3) is 11.2 Å². The molecule has 0 radical (unpaired) electrons. The maximum Gasteiger partial charge on any atom is 0.328 e. The van der Waals surface area contributed by atoms with Gasteiger partial charge in [-0.25, -0.2) is 9.78 Å². The summed E-state index contributed by atoms with van der Waals surface area (Å²) < 4.78 is 1.62. The van der Waals surface area contributed by atoms with E-state index < -0.39 is 0 Å². The molecule has 0 unspecified atom stereocenters. The Morgan fingerprint density at radius 1 is 1.48 bits per heavy atom. The number of nitrogens with two attached hydrogens (primary N) is 1. The first-order valence-electron chi connectivity index (χ1n) is 6.68. The lowest BCUT2D eigenvalue weighted by Crippen LogP contribution is -2.17. The average Bonchev–Trinajstić information content (AvgIpc) is 3.09. The molecule has 0 saturated carbocycles. The Morgan fingerprint density at radius 2 is 2.38 bits per heavy atom. The first-order valence-corrected chi connectivity index (χ1v) is 7.63. The third kappa shape index (κ3) is 2.96. The molecule has 3 aromatic heterocycles. The number of thiophene rings is 1. The number of aromatic amines is 1. The number of hydrogen-bond donors (Lipinski definition) is 3. The normalized spacial score (nSPS) is 11.1. The van der Waals surface area contributed by atoms with E-state index in [1.165, 1.54) is 0 Å². The van der Waals surface area contributed by atoms with Gasteiger partial charge in [0.2, 0.25) is 5.95 Å². The molecule has 3 rings (SSSR count). The third-order valence-corrected chi connectivity index (χ3v) is 3.83. The summed E-state index contributed by atoms with van der Waals surface area (Å²) in [6, 6.07) is 2.00. The molecular formula is C13H16N6OS. The van der Waals surface area contributed by atoms with Gasteiger partial charge in [-0.1, -0.05) is 0 Å². The van der Waals surface area contributed by atoms with Crippen molar-refractivity contribution in [3.63, 3.8) is 0 Å². The van der Waals surface area contributed by atoms with Crippen molar-refractivity contribution in [3.05, 3.63) is 39.1 Å². The van der Waals surface area contributed by atoms with Gasteiger partial charge in [-0.2, -0.15) is 16.3 Å². The summed E-state index contributed by atoms with van der Waals surface area (Å²) in [5.74, 6) is 0.508. The summed E-state index contributed by atoms with van der Waals surface area (Å²) >= 11 is 1.61. The number of nitrogens with zero attached hydrogens (tertiary/aromatic N) is 3. The SMILES string of the molecule is NCCCNc1ncc2[nH]c(=O)n(Cc3ccsc3)c2n1. The van der Waals surface area contributed by atoms with Crippen LogP contribution in [0.3, 0.4) is 0 Å². The quantitative estimate of drug-likeness (QED) is 0.589. The highest BCUT2D eigenvalue weighted by Gasteiger charge is 2.10. The molecule has 3 heterocycles. The van der Waals surface area contributed by atoms with Crippen LogP contribution < -0.4 is 16.7 Å². The number of nitrogens with one attached hydrogen (secondary N) is 2. The fraction of sp³-hybridized carbons (Fsp3) is 0.308. The first kappa shape index (κ1) is 13.8. The number of rotatable bonds is 6.